The molecule has 1 aromatic carbocycles. The van der Waals surface area contributed by atoms with E-state index in [1.54, 1.807) is 4.90 Å². The Labute approximate surface area is 293 Å². The van der Waals surface area contributed by atoms with E-state index in [4.69, 9.17) is 4.74 Å². The largest absolute Gasteiger partial charge is 0.453 e. The number of fused-ring (bicyclic) bond motifs is 5. The number of nitrogens with zero attached hydrogens (tertiary/aromatic N) is 2. The first-order chi connectivity index (χ1) is 23.7. The zero-order valence-corrected chi connectivity index (χ0v) is 29.6. The predicted octanol–water partition coefficient (Wildman–Crippen LogP) is 7.82. The van der Waals surface area contributed by atoms with Gasteiger partial charge in [-0.2, -0.15) is 22.0 Å². The molecule has 0 bridgehead atoms. The lowest BCUT2D eigenvalue weighted by atomic mass is 9.52. The summed E-state index contributed by atoms with van der Waals surface area (Å²) in [6.45, 7) is 3.92. The van der Waals surface area contributed by atoms with Gasteiger partial charge in [0, 0.05) is 72.7 Å². The second kappa shape index (κ2) is 14.8. The number of carbonyl (C=O) groups excluding carboxylic acids is 3. The molecule has 1 aromatic rings. The number of piperidine rings is 2. The Hall–Kier alpha value is -2.57. The van der Waals surface area contributed by atoms with Crippen LogP contribution in [0.3, 0.4) is 0 Å². The zero-order valence-electron chi connectivity index (χ0n) is 28.8. The van der Waals surface area contributed by atoms with Gasteiger partial charge in [0.05, 0.1) is 0 Å². The lowest BCUT2D eigenvalue weighted by Gasteiger charge is -2.51. The summed E-state index contributed by atoms with van der Waals surface area (Å²) in [5.41, 5.74) is 1.94. The van der Waals surface area contributed by atoms with Crippen molar-refractivity contribution < 1.29 is 45.3 Å². The Balaban J connectivity index is 1.09. The van der Waals surface area contributed by atoms with Crippen LogP contribution in [-0.4, -0.2) is 81.1 Å². The van der Waals surface area contributed by atoms with E-state index < -0.39 is 41.8 Å². The Morgan fingerprint density at radius 3 is 2.44 bits per heavy atom. The Kier molecular flexibility index (Phi) is 11.0. The summed E-state index contributed by atoms with van der Waals surface area (Å²) >= 11 is 0. The van der Waals surface area contributed by atoms with Crippen LogP contribution < -0.4 is 4.74 Å². The Bertz CT molecular complexity index is 1460. The first-order valence-electron chi connectivity index (χ1n) is 18.4. The Morgan fingerprint density at radius 2 is 1.72 bits per heavy atom. The van der Waals surface area contributed by atoms with Gasteiger partial charge in [-0.05, 0) is 118 Å². The lowest BCUT2D eigenvalue weighted by molar-refractivity contribution is -0.284. The fraction of sp³-hybridized carbons (Fsp3) is 0.757. The van der Waals surface area contributed by atoms with Gasteiger partial charge in [0.1, 0.15) is 11.5 Å². The van der Waals surface area contributed by atoms with Gasteiger partial charge in [-0.15, -0.1) is 0 Å². The van der Waals surface area contributed by atoms with Crippen molar-refractivity contribution in [1.29, 1.82) is 0 Å². The third kappa shape index (κ3) is 7.63. The average Bonchev–Trinajstić information content (AvgIpc) is 3.38. The van der Waals surface area contributed by atoms with Gasteiger partial charge in [-0.25, -0.2) is 4.79 Å². The van der Waals surface area contributed by atoms with Gasteiger partial charge >= 0.3 is 18.2 Å². The molecule has 2 saturated carbocycles. The van der Waals surface area contributed by atoms with Gasteiger partial charge < -0.3 is 14.5 Å². The molecule has 2 saturated heterocycles. The van der Waals surface area contributed by atoms with Crippen molar-refractivity contribution in [2.24, 2.45) is 23.2 Å². The summed E-state index contributed by atoms with van der Waals surface area (Å²) in [5.74, 6) is -2.93. The number of hydrogen-bond acceptors (Lipinski definition) is 5. The maximum atomic E-state index is 13.3. The van der Waals surface area contributed by atoms with Crippen LogP contribution in [0, 0.1) is 23.2 Å². The van der Waals surface area contributed by atoms with Gasteiger partial charge in [0.2, 0.25) is 5.91 Å². The number of benzene rings is 1. The number of ether oxygens (including phenoxy) is 1. The van der Waals surface area contributed by atoms with E-state index in [1.807, 2.05) is 17.0 Å². The number of likely N-dealkylation sites (tertiary alicyclic amines) is 2. The van der Waals surface area contributed by atoms with E-state index in [9.17, 15) is 40.5 Å². The predicted molar refractivity (Wildman–Crippen MR) is 178 cm³/mol. The molecule has 0 aromatic heterocycles. The minimum Gasteiger partial charge on any atom is -0.410 e. The van der Waals surface area contributed by atoms with Crippen molar-refractivity contribution in [3.05, 3.63) is 29.3 Å². The monoisotopic (exact) mass is 728 g/mol. The first kappa shape index (κ1) is 37.2. The summed E-state index contributed by atoms with van der Waals surface area (Å²) in [7, 11) is -1.52. The molecule has 13 heteroatoms. The van der Waals surface area contributed by atoms with Crippen LogP contribution in [0.4, 0.5) is 26.7 Å². The van der Waals surface area contributed by atoms with Crippen LogP contribution >= 0.6 is 0 Å². The van der Waals surface area contributed by atoms with E-state index in [1.165, 1.54) is 5.56 Å². The highest BCUT2D eigenvalue weighted by Gasteiger charge is 2.57. The van der Waals surface area contributed by atoms with Crippen molar-refractivity contribution in [2.75, 3.05) is 31.1 Å². The molecule has 278 valence electrons. The minimum atomic E-state index is -5.61. The summed E-state index contributed by atoms with van der Waals surface area (Å²) in [6, 6.07) is 6.02. The third-order valence-corrected chi connectivity index (χ3v) is 14.0. The molecule has 2 heterocycles. The molecule has 6 atom stereocenters. The van der Waals surface area contributed by atoms with Crippen molar-refractivity contribution in [1.82, 2.24) is 9.80 Å². The highest BCUT2D eigenvalue weighted by Crippen LogP contribution is 2.61. The number of Topliss-reactive ketones (excluding diaryl/α,β-unsaturated/α-hetero) is 1. The second-order valence-corrected chi connectivity index (χ2v) is 17.2. The molecule has 7 nitrogen and oxygen atoms in total. The van der Waals surface area contributed by atoms with Crippen molar-refractivity contribution in [2.45, 2.75) is 121 Å². The number of amides is 2. The van der Waals surface area contributed by atoms with E-state index in [0.29, 0.717) is 56.7 Å². The molecule has 0 spiro atoms. The normalized spacial score (nSPS) is 29.7. The maximum absolute atomic E-state index is 13.3. The highest BCUT2D eigenvalue weighted by molar-refractivity contribution is 7.84. The number of alkyl halides is 5. The molecule has 5 aliphatic rings. The fourth-order valence-corrected chi connectivity index (χ4v) is 11.0. The highest BCUT2D eigenvalue weighted by atomic mass is 32.2. The molecular formula is C37H49F5N2O5S. The third-order valence-electron chi connectivity index (χ3n) is 12.5. The number of carbonyl (C=O) groups is 3. The van der Waals surface area contributed by atoms with Crippen LogP contribution in [0.15, 0.2) is 18.2 Å². The van der Waals surface area contributed by atoms with Crippen LogP contribution in [0.1, 0.15) is 107 Å². The molecule has 2 amide bonds. The second-order valence-electron chi connectivity index (χ2n) is 15.5. The number of rotatable bonds is 10. The summed E-state index contributed by atoms with van der Waals surface area (Å²) in [4.78, 5) is 42.3. The van der Waals surface area contributed by atoms with Crippen molar-refractivity contribution >= 4 is 28.6 Å². The van der Waals surface area contributed by atoms with Crippen molar-refractivity contribution in [3.63, 3.8) is 0 Å². The molecule has 3 aliphatic carbocycles. The molecule has 2 aliphatic heterocycles. The first-order valence-corrected chi connectivity index (χ1v) is 19.9. The molecule has 4 fully saturated rings. The van der Waals surface area contributed by atoms with Gasteiger partial charge in [0.15, 0.2) is 0 Å². The van der Waals surface area contributed by atoms with Crippen LogP contribution in [0.2, 0.25) is 0 Å². The molecule has 50 heavy (non-hydrogen) atoms. The van der Waals surface area contributed by atoms with Crippen LogP contribution in [0.25, 0.3) is 0 Å². The summed E-state index contributed by atoms with van der Waals surface area (Å²) in [6.07, 6.45) is 1.15. The molecule has 0 radical (unpaired) electrons. The maximum Gasteiger partial charge on any atom is 0.453 e. The standard InChI is InChI=1S/C37H49F5N2O5S/c1-35-16-12-29-28-9-8-27(49-34(47)43-18-13-26(14-19-43)44-17-3-2-7-32(44)46)23-25(28)22-24(33(29)30(35)10-11-31(35)45)6-4-20-50(48)21-5-15-36(38,39)37(40,41)42/h8-9,23-24,26,29-30,33H,2-7,10-22H2,1H3/t24-,29-,30+,33-,35+,50?/m1/s1. The van der Waals surface area contributed by atoms with E-state index in [0.717, 1.165) is 57.1 Å². The van der Waals surface area contributed by atoms with Gasteiger partial charge in [-0.1, -0.05) is 13.0 Å². The van der Waals surface area contributed by atoms with Crippen LogP contribution in [0.5, 0.6) is 5.75 Å². The van der Waals surface area contributed by atoms with Crippen LogP contribution in [-0.2, 0) is 26.8 Å². The minimum absolute atomic E-state index is 0.157. The zero-order chi connectivity index (χ0) is 35.8. The lowest BCUT2D eigenvalue weighted by Crippen LogP contribution is -2.50. The smallest absolute Gasteiger partial charge is 0.410 e. The number of halogens is 5. The molecule has 0 N–H and O–H groups in total. The van der Waals surface area contributed by atoms with Crippen molar-refractivity contribution in [3.8, 4) is 5.75 Å². The molecule has 1 unspecified atom stereocenters. The Morgan fingerprint density at radius 1 is 0.980 bits per heavy atom. The van der Waals surface area contributed by atoms with E-state index >= 15 is 0 Å². The summed E-state index contributed by atoms with van der Waals surface area (Å²) < 4.78 is 82.7. The molecular weight excluding hydrogens is 679 g/mol. The number of ketones is 1. The van der Waals surface area contributed by atoms with E-state index in [2.05, 4.69) is 13.0 Å². The average molecular weight is 729 g/mol. The topological polar surface area (TPSA) is 84.0 Å². The quantitative estimate of drug-likeness (QED) is 0.230. The molecule has 6 rings (SSSR count). The number of hydrogen-bond donors (Lipinski definition) is 0. The summed E-state index contributed by atoms with van der Waals surface area (Å²) in [5, 5.41) is 0. The van der Waals surface area contributed by atoms with E-state index in [-0.39, 0.29) is 52.5 Å². The fourth-order valence-electron chi connectivity index (χ4n) is 9.83. The van der Waals surface area contributed by atoms with Gasteiger partial charge in [-0.3, -0.25) is 13.8 Å². The van der Waals surface area contributed by atoms with Gasteiger partial charge in [0.25, 0.3) is 0 Å². The SMILES string of the molecule is C[C@]12CC[C@@H]3c4ccc(OC(=O)N5CCC(N6CCCCC6=O)CC5)cc4C[C@@H](CCCS(=O)CCCC(F)(F)C(F)(F)F)[C@H]3[C@@H]1CCC2=O.